The SMILES string of the molecule is CCC(C)CCCC(=O)N[C@@H](CCN)C(=O)N[C@H](C(=O)N[C@@H](CCN)C(=O)N[C@@H](CCNC(=O)[C@@H](NC(=O)[C@H](CCN)NC(=O)[C@H](CCN)NC(=O)[C@H](CC(C)C)NC(=O)[C@H](N)CC(C)C)[C@@H](C)O)C(=O)N[C@@H](CCN)C(=O)O)[C@@H](C)O. The van der Waals surface area contributed by atoms with Gasteiger partial charge in [0.2, 0.25) is 59.1 Å². The first-order chi connectivity index (χ1) is 38.5. The van der Waals surface area contributed by atoms with E-state index in [0.29, 0.717) is 18.8 Å². The number of carbonyl (C=O) groups is 11. The minimum atomic E-state index is -1.72. The second-order valence-corrected chi connectivity index (χ2v) is 21.5. The van der Waals surface area contributed by atoms with Gasteiger partial charge in [0.15, 0.2) is 0 Å². The molecule has 0 radical (unpaired) electrons. The zero-order valence-electron chi connectivity index (χ0n) is 49.2. The molecule has 0 aromatic carbocycles. The molecule has 0 rings (SSSR count). The van der Waals surface area contributed by atoms with E-state index in [9.17, 15) is 68.1 Å². The summed E-state index contributed by atoms with van der Waals surface area (Å²) in [5.74, 6) is -9.64. The second-order valence-electron chi connectivity index (χ2n) is 21.5. The maximum Gasteiger partial charge on any atom is 0.326 e. The number of hydrogen-bond donors (Lipinski definition) is 19. The number of aliphatic hydroxyl groups excluding tert-OH is 2. The van der Waals surface area contributed by atoms with Crippen molar-refractivity contribution in [3.05, 3.63) is 0 Å². The number of carbonyl (C=O) groups excluding carboxylic acids is 10. The van der Waals surface area contributed by atoms with E-state index in [2.05, 4.69) is 60.1 Å². The lowest BCUT2D eigenvalue weighted by atomic mass is 10.00. The summed E-state index contributed by atoms with van der Waals surface area (Å²) in [7, 11) is 0. The highest BCUT2D eigenvalue weighted by molar-refractivity contribution is 5.98. The number of carboxylic acids is 1. The first-order valence-corrected chi connectivity index (χ1v) is 28.4. The summed E-state index contributed by atoms with van der Waals surface area (Å²) in [6.07, 6.45) is -1.48. The van der Waals surface area contributed by atoms with Gasteiger partial charge in [-0.2, -0.15) is 0 Å². The van der Waals surface area contributed by atoms with E-state index in [1.54, 1.807) is 0 Å². The maximum absolute atomic E-state index is 13.9. The number of nitrogens with two attached hydrogens (primary N) is 6. The highest BCUT2D eigenvalue weighted by atomic mass is 16.4. The average Bonchev–Trinajstić information content (AvgIpc) is 3.41. The molecule has 0 aliphatic rings. The molecule has 13 atom stereocenters. The Balaban J connectivity index is 6.47. The molecule has 0 aliphatic carbocycles. The minimum Gasteiger partial charge on any atom is -0.480 e. The monoisotopic (exact) mass is 1170 g/mol. The largest absolute Gasteiger partial charge is 0.480 e. The van der Waals surface area contributed by atoms with Gasteiger partial charge in [0.25, 0.3) is 0 Å². The molecule has 0 fully saturated rings. The lowest BCUT2D eigenvalue weighted by molar-refractivity contribution is -0.142. The summed E-state index contributed by atoms with van der Waals surface area (Å²) in [6, 6.07) is -14.1. The predicted molar refractivity (Wildman–Crippen MR) is 305 cm³/mol. The third-order valence-corrected chi connectivity index (χ3v) is 13.1. The van der Waals surface area contributed by atoms with Crippen molar-refractivity contribution in [1.82, 2.24) is 53.2 Å². The lowest BCUT2D eigenvalue weighted by Crippen LogP contribution is -2.61. The molecule has 0 aromatic heterocycles. The molecule has 0 aliphatic heterocycles. The summed E-state index contributed by atoms with van der Waals surface area (Å²) in [5.41, 5.74) is 34.7. The molecule has 30 heteroatoms. The predicted octanol–water partition coefficient (Wildman–Crippen LogP) is -5.92. The minimum absolute atomic E-state index is 0.0174. The smallest absolute Gasteiger partial charge is 0.326 e. The number of amides is 10. The zero-order chi connectivity index (χ0) is 62.8. The Hall–Kier alpha value is -6.15. The molecule has 0 saturated heterocycles. The van der Waals surface area contributed by atoms with Crippen molar-refractivity contribution in [2.75, 3.05) is 39.3 Å². The number of aliphatic carboxylic acids is 1. The van der Waals surface area contributed by atoms with Crippen LogP contribution in [-0.2, 0) is 52.7 Å². The van der Waals surface area contributed by atoms with Gasteiger partial charge < -0.3 is 103 Å². The summed E-state index contributed by atoms with van der Waals surface area (Å²) < 4.78 is 0. The fraction of sp³-hybridized carbons (Fsp3) is 0.788. The molecule has 82 heavy (non-hydrogen) atoms. The van der Waals surface area contributed by atoms with E-state index >= 15 is 0 Å². The van der Waals surface area contributed by atoms with Gasteiger partial charge >= 0.3 is 5.97 Å². The van der Waals surface area contributed by atoms with Gasteiger partial charge in [-0.1, -0.05) is 54.4 Å². The Bertz CT molecular complexity index is 2030. The molecule has 10 amide bonds. The van der Waals surface area contributed by atoms with Gasteiger partial charge in [-0.05, 0) is 122 Å². The molecule has 0 saturated carbocycles. The Labute approximate surface area is 481 Å². The van der Waals surface area contributed by atoms with Crippen LogP contribution < -0.4 is 87.6 Å². The molecule has 472 valence electrons. The maximum atomic E-state index is 13.9. The second kappa shape index (κ2) is 40.9. The van der Waals surface area contributed by atoms with Gasteiger partial charge in [0, 0.05) is 13.0 Å². The Morgan fingerprint density at radius 2 is 0.744 bits per heavy atom. The van der Waals surface area contributed by atoms with Crippen LogP contribution in [0.5, 0.6) is 0 Å². The third-order valence-electron chi connectivity index (χ3n) is 13.1. The van der Waals surface area contributed by atoms with E-state index in [-0.39, 0.29) is 89.5 Å². The van der Waals surface area contributed by atoms with Crippen molar-refractivity contribution in [2.45, 2.75) is 205 Å². The van der Waals surface area contributed by atoms with Crippen molar-refractivity contribution < 1.29 is 68.1 Å². The summed E-state index contributed by atoms with van der Waals surface area (Å²) in [4.78, 5) is 147. The highest BCUT2D eigenvalue weighted by Crippen LogP contribution is 2.12. The van der Waals surface area contributed by atoms with Crippen LogP contribution >= 0.6 is 0 Å². The van der Waals surface area contributed by atoms with Crippen LogP contribution in [0.3, 0.4) is 0 Å². The zero-order valence-corrected chi connectivity index (χ0v) is 49.2. The van der Waals surface area contributed by atoms with E-state index in [0.717, 1.165) is 12.8 Å². The van der Waals surface area contributed by atoms with Crippen molar-refractivity contribution in [3.63, 3.8) is 0 Å². The highest BCUT2D eigenvalue weighted by Gasteiger charge is 2.36. The van der Waals surface area contributed by atoms with E-state index < -0.39 is 151 Å². The Morgan fingerprint density at radius 1 is 0.402 bits per heavy atom. The normalized spacial score (nSPS) is 16.1. The molecule has 0 spiro atoms. The molecule has 0 heterocycles. The topological polar surface area (TPSA) is 525 Å². The Kier molecular flexibility index (Phi) is 37.9. The van der Waals surface area contributed by atoms with Crippen molar-refractivity contribution in [2.24, 2.45) is 52.2 Å². The van der Waals surface area contributed by atoms with Crippen LogP contribution in [0.25, 0.3) is 0 Å². The van der Waals surface area contributed by atoms with Crippen LogP contribution in [0.1, 0.15) is 132 Å². The first-order valence-electron chi connectivity index (χ1n) is 28.4. The van der Waals surface area contributed by atoms with Gasteiger partial charge in [-0.3, -0.25) is 47.9 Å². The van der Waals surface area contributed by atoms with E-state index in [4.69, 9.17) is 34.4 Å². The van der Waals surface area contributed by atoms with Crippen LogP contribution in [0, 0.1) is 17.8 Å². The number of hydrogen-bond acceptors (Lipinski definition) is 19. The standard InChI is InChI=1S/C52H100N16O14/c1-9-29(6)11-10-12-40(71)60-33(13-19-53)47(76)68-42(31(8)70)51(80)64-35(15-21-55)45(74)63-37(46(75)65-38(17-23-57)52(81)82)18-24-59-50(79)41(30(7)69)67-48(77)36(16-22-56)61-44(73)34(14-20-54)62-49(78)39(26-28(4)5)66-43(72)32(58)25-27(2)3/h27-39,41-42,69-70H,9-26,53-58H2,1-8H3,(H,59,79)(H,60,71)(H,61,73)(H,62,78)(H,63,74)(H,64,80)(H,65,75)(H,66,72)(H,67,77)(H,68,76)(H,81,82)/t29?,30-,31-,32-,33+,34+,35+,36+,37+,38+,39+,41+,42+/m1/s1. The summed E-state index contributed by atoms with van der Waals surface area (Å²) in [5, 5.41) is 55.8. The van der Waals surface area contributed by atoms with E-state index in [1.807, 2.05) is 34.6 Å². The van der Waals surface area contributed by atoms with Gasteiger partial charge in [0.05, 0.1) is 18.2 Å². The molecule has 30 nitrogen and oxygen atoms in total. The average molecular weight is 1170 g/mol. The molecule has 1 unspecified atom stereocenters. The first kappa shape index (κ1) is 75.8. The van der Waals surface area contributed by atoms with Crippen molar-refractivity contribution in [3.8, 4) is 0 Å². The fourth-order valence-electron chi connectivity index (χ4n) is 8.23. The van der Waals surface area contributed by atoms with Crippen LogP contribution in [0.4, 0.5) is 0 Å². The molecule has 0 bridgehead atoms. The fourth-order valence-corrected chi connectivity index (χ4v) is 8.23. The Morgan fingerprint density at radius 3 is 1.13 bits per heavy atom. The summed E-state index contributed by atoms with van der Waals surface area (Å²) in [6.45, 7) is 12.7. The van der Waals surface area contributed by atoms with Crippen molar-refractivity contribution in [1.29, 1.82) is 0 Å². The third kappa shape index (κ3) is 29.7. The van der Waals surface area contributed by atoms with Gasteiger partial charge in [0.1, 0.15) is 54.4 Å². The van der Waals surface area contributed by atoms with Crippen LogP contribution in [-0.4, -0.2) is 192 Å². The lowest BCUT2D eigenvalue weighted by Gasteiger charge is -2.28. The van der Waals surface area contributed by atoms with Crippen molar-refractivity contribution >= 4 is 65.0 Å². The molecular weight excluding hydrogens is 1070 g/mol. The van der Waals surface area contributed by atoms with Gasteiger partial charge in [-0.15, -0.1) is 0 Å². The number of rotatable bonds is 43. The van der Waals surface area contributed by atoms with Crippen LogP contribution in [0.15, 0.2) is 0 Å². The molecule has 25 N–H and O–H groups in total. The van der Waals surface area contributed by atoms with E-state index in [1.165, 1.54) is 13.8 Å². The quantitative estimate of drug-likeness (QED) is 0.0270. The van der Waals surface area contributed by atoms with Gasteiger partial charge in [-0.25, -0.2) is 4.79 Å². The molecular formula is C52H100N16O14. The number of aliphatic hydroxyl groups is 2. The molecule has 0 aromatic rings. The van der Waals surface area contributed by atoms with Crippen LogP contribution in [0.2, 0.25) is 0 Å². The summed E-state index contributed by atoms with van der Waals surface area (Å²) >= 11 is 0. The number of carboxylic acid groups (broad SMARTS) is 1. The number of nitrogens with one attached hydrogen (secondary N) is 10.